The van der Waals surface area contributed by atoms with Crippen LogP contribution < -0.4 is 0 Å². The molecule has 0 amide bonds. The molecule has 4 aliphatic rings. The number of esters is 1. The Bertz CT molecular complexity index is 1270. The maximum atomic E-state index is 13.8. The largest absolute Gasteiger partial charge is 0.508 e. The summed E-state index contributed by atoms with van der Waals surface area (Å²) in [4.78, 5) is 13.8. The van der Waals surface area contributed by atoms with Crippen LogP contribution in [-0.4, -0.2) is 46.4 Å². The Balaban J connectivity index is 1.51. The minimum Gasteiger partial charge on any atom is -0.508 e. The van der Waals surface area contributed by atoms with Crippen LogP contribution in [0.3, 0.4) is 0 Å². The molecule has 0 unspecified atom stereocenters. The van der Waals surface area contributed by atoms with Gasteiger partial charge in [-0.2, -0.15) is 0 Å². The number of benzene rings is 1. The number of rotatable bonds is 1. The second kappa shape index (κ2) is 12.9. The highest BCUT2D eigenvalue weighted by Gasteiger charge is 2.48. The van der Waals surface area contributed by atoms with Crippen LogP contribution in [0, 0.1) is 24.7 Å². The van der Waals surface area contributed by atoms with Crippen molar-refractivity contribution in [2.24, 2.45) is 17.8 Å². The van der Waals surface area contributed by atoms with Crippen LogP contribution in [0.1, 0.15) is 101 Å². The van der Waals surface area contributed by atoms with E-state index in [1.165, 1.54) is 32.1 Å². The minimum atomic E-state index is -0.964. The molecule has 1 spiro atoms. The first-order chi connectivity index (χ1) is 20.0. The zero-order chi connectivity index (χ0) is 30.0. The van der Waals surface area contributed by atoms with E-state index in [9.17, 15) is 15.0 Å². The van der Waals surface area contributed by atoms with E-state index in [-0.39, 0.29) is 23.9 Å². The fraction of sp³-hybridized carbons (Fsp3) is 0.583. The number of ether oxygens (including phenoxy) is 3. The topological polar surface area (TPSA) is 85.2 Å². The van der Waals surface area contributed by atoms with Gasteiger partial charge in [0.15, 0.2) is 5.79 Å². The fourth-order valence-corrected chi connectivity index (χ4v) is 7.09. The molecule has 5 rings (SSSR count). The van der Waals surface area contributed by atoms with Gasteiger partial charge in [-0.1, -0.05) is 63.5 Å². The molecule has 6 nitrogen and oxygen atoms in total. The van der Waals surface area contributed by atoms with E-state index in [4.69, 9.17) is 14.2 Å². The number of aliphatic hydroxyl groups is 1. The van der Waals surface area contributed by atoms with Crippen molar-refractivity contribution in [1.82, 2.24) is 0 Å². The first kappa shape index (κ1) is 30.8. The molecule has 7 atom stereocenters. The molecular weight excluding hydrogens is 528 g/mol. The van der Waals surface area contributed by atoms with Crippen LogP contribution in [0.4, 0.5) is 0 Å². The van der Waals surface area contributed by atoms with Gasteiger partial charge in [0.1, 0.15) is 11.9 Å². The summed E-state index contributed by atoms with van der Waals surface area (Å²) in [5.74, 6) is -0.569. The summed E-state index contributed by atoms with van der Waals surface area (Å²) in [5.41, 5.74) is 3.37. The molecular formula is C36H48O6. The van der Waals surface area contributed by atoms with Gasteiger partial charge in [-0.3, -0.25) is 0 Å². The Morgan fingerprint density at radius 1 is 0.929 bits per heavy atom. The van der Waals surface area contributed by atoms with Crippen molar-refractivity contribution in [3.63, 3.8) is 0 Å². The standard InChI is InChI=1S/C36H48O6/c1-22-10-9-11-23(2)33(38)24(3)14-15-28-19-29(40-35(39)31-18-26(5)32(37)20-30(22)31)21-36(41-28)17-16-25(4)34(42-36)27-12-7-6-8-13-27/h9-11,14,16-18,20,23,25,27-29,33-34,37-38H,6-8,12-13,15,19,21H2,1-5H3/t23-,25-,28+,29-,33-,34-,36+/m0/s1. The minimum absolute atomic E-state index is 0.0640. The van der Waals surface area contributed by atoms with E-state index < -0.39 is 24.0 Å². The van der Waals surface area contributed by atoms with Gasteiger partial charge in [-0.25, -0.2) is 4.79 Å². The molecule has 42 heavy (non-hydrogen) atoms. The Morgan fingerprint density at radius 2 is 1.69 bits per heavy atom. The number of aryl methyl sites for hydroxylation is 1. The molecule has 1 saturated heterocycles. The molecule has 2 fully saturated rings. The predicted octanol–water partition coefficient (Wildman–Crippen LogP) is 7.58. The molecule has 3 aliphatic heterocycles. The van der Waals surface area contributed by atoms with Gasteiger partial charge in [-0.05, 0) is 86.4 Å². The van der Waals surface area contributed by atoms with Crippen LogP contribution in [0.15, 0.2) is 54.2 Å². The Kier molecular flexibility index (Phi) is 9.46. The number of hydrogen-bond donors (Lipinski definition) is 2. The summed E-state index contributed by atoms with van der Waals surface area (Å²) in [7, 11) is 0. The molecule has 3 heterocycles. The molecule has 1 aliphatic carbocycles. The zero-order valence-electron chi connectivity index (χ0n) is 25.8. The molecule has 0 radical (unpaired) electrons. The van der Waals surface area contributed by atoms with Crippen molar-refractivity contribution in [2.75, 3.05) is 0 Å². The summed E-state index contributed by atoms with van der Waals surface area (Å²) < 4.78 is 19.9. The van der Waals surface area contributed by atoms with Crippen molar-refractivity contribution in [1.29, 1.82) is 0 Å². The molecule has 0 aromatic heterocycles. The molecule has 1 saturated carbocycles. The van der Waals surface area contributed by atoms with Gasteiger partial charge in [0, 0.05) is 24.7 Å². The normalized spacial score (nSPS) is 34.9. The lowest BCUT2D eigenvalue weighted by molar-refractivity contribution is -0.300. The third-order valence-electron chi connectivity index (χ3n) is 9.71. The van der Waals surface area contributed by atoms with Crippen molar-refractivity contribution in [3.05, 3.63) is 70.9 Å². The molecule has 6 heteroatoms. The smallest absolute Gasteiger partial charge is 0.339 e. The van der Waals surface area contributed by atoms with E-state index in [0.717, 1.165) is 11.1 Å². The Labute approximate surface area is 251 Å². The van der Waals surface area contributed by atoms with Crippen LogP contribution in [0.2, 0.25) is 0 Å². The number of aromatic hydroxyl groups is 1. The SMILES string of the molecule is CC1=CC=C[C@H](C)[C@H](O)C(C)=CC[C@@H]2C[C@@H](C[C@]3(C=C[C@H](C)[C@@H](C4CCCCC4)O3)O2)OC(=O)c2cc(C)c(O)cc21. The zero-order valence-corrected chi connectivity index (χ0v) is 25.8. The van der Waals surface area contributed by atoms with Crippen LogP contribution >= 0.6 is 0 Å². The van der Waals surface area contributed by atoms with Gasteiger partial charge < -0.3 is 24.4 Å². The van der Waals surface area contributed by atoms with E-state index in [0.29, 0.717) is 47.8 Å². The average Bonchev–Trinajstić information content (AvgIpc) is 2.97. The van der Waals surface area contributed by atoms with Crippen molar-refractivity contribution in [2.45, 2.75) is 116 Å². The summed E-state index contributed by atoms with van der Waals surface area (Å²) >= 11 is 0. The van der Waals surface area contributed by atoms with E-state index in [1.54, 1.807) is 19.1 Å². The number of aliphatic hydroxyl groups excluding tert-OH is 1. The summed E-state index contributed by atoms with van der Waals surface area (Å²) in [6.07, 6.45) is 18.5. The second-order valence-electron chi connectivity index (χ2n) is 13.1. The molecule has 228 valence electrons. The lowest BCUT2D eigenvalue weighted by Gasteiger charge is -2.48. The van der Waals surface area contributed by atoms with Crippen LogP contribution in [0.5, 0.6) is 5.75 Å². The highest BCUT2D eigenvalue weighted by molar-refractivity contribution is 5.96. The number of fused-ring (bicyclic) bond motifs is 3. The summed E-state index contributed by atoms with van der Waals surface area (Å²) in [6, 6.07) is 3.34. The Morgan fingerprint density at radius 3 is 2.45 bits per heavy atom. The van der Waals surface area contributed by atoms with Gasteiger partial charge in [0.05, 0.1) is 23.9 Å². The lowest BCUT2D eigenvalue weighted by atomic mass is 9.79. The van der Waals surface area contributed by atoms with Crippen molar-refractivity contribution >= 4 is 11.5 Å². The maximum absolute atomic E-state index is 13.8. The first-order valence-corrected chi connectivity index (χ1v) is 15.8. The number of phenolic OH excluding ortho intramolecular Hbond substituents is 1. The lowest BCUT2D eigenvalue weighted by Crippen LogP contribution is -2.53. The molecule has 2 bridgehead atoms. The van der Waals surface area contributed by atoms with Gasteiger partial charge in [0.25, 0.3) is 0 Å². The van der Waals surface area contributed by atoms with Crippen LogP contribution in [0.25, 0.3) is 5.57 Å². The third kappa shape index (κ3) is 6.77. The number of carbonyl (C=O) groups excluding carboxylic acids is 1. The first-order valence-electron chi connectivity index (χ1n) is 15.8. The second-order valence-corrected chi connectivity index (χ2v) is 13.1. The maximum Gasteiger partial charge on any atom is 0.339 e. The van der Waals surface area contributed by atoms with Gasteiger partial charge >= 0.3 is 5.97 Å². The fourth-order valence-electron chi connectivity index (χ4n) is 7.09. The van der Waals surface area contributed by atoms with Gasteiger partial charge in [0.2, 0.25) is 0 Å². The third-order valence-corrected chi connectivity index (χ3v) is 9.71. The summed E-state index contributed by atoms with van der Waals surface area (Å²) in [6.45, 7) is 9.85. The Hall–Kier alpha value is -2.67. The van der Waals surface area contributed by atoms with Crippen molar-refractivity contribution < 1.29 is 29.2 Å². The van der Waals surface area contributed by atoms with Gasteiger partial charge in [-0.15, -0.1) is 0 Å². The van der Waals surface area contributed by atoms with E-state index in [1.807, 2.05) is 45.1 Å². The highest BCUT2D eigenvalue weighted by atomic mass is 16.7. The highest BCUT2D eigenvalue weighted by Crippen LogP contribution is 2.43. The molecule has 1 aromatic rings. The quantitative estimate of drug-likeness (QED) is 0.265. The molecule has 1 aromatic carbocycles. The number of hydrogen-bond acceptors (Lipinski definition) is 6. The summed E-state index contributed by atoms with van der Waals surface area (Å²) in [5, 5.41) is 21.5. The number of allylic oxidation sites excluding steroid dienone is 3. The average molecular weight is 577 g/mol. The van der Waals surface area contributed by atoms with Crippen LogP contribution in [-0.2, 0) is 14.2 Å². The van der Waals surface area contributed by atoms with Crippen molar-refractivity contribution in [3.8, 4) is 5.75 Å². The molecule has 2 N–H and O–H groups in total. The number of carbonyl (C=O) groups is 1. The number of phenols is 1. The van der Waals surface area contributed by atoms with E-state index >= 15 is 0 Å². The predicted molar refractivity (Wildman–Crippen MR) is 165 cm³/mol. The van der Waals surface area contributed by atoms with E-state index in [2.05, 4.69) is 19.1 Å². The monoisotopic (exact) mass is 576 g/mol.